The average Bonchev–Trinajstić information content (AvgIpc) is 3.16. The lowest BCUT2D eigenvalue weighted by molar-refractivity contribution is 0.572. The average molecular weight is 387 g/mol. The van der Waals surface area contributed by atoms with Crippen LogP contribution in [0.5, 0.6) is 0 Å². The van der Waals surface area contributed by atoms with Crippen molar-refractivity contribution in [2.45, 2.75) is 0 Å². The summed E-state index contributed by atoms with van der Waals surface area (Å²) >= 11 is 2.30. The van der Waals surface area contributed by atoms with Gasteiger partial charge in [-0.3, -0.25) is 0 Å². The Morgan fingerprint density at radius 2 is 1.76 bits per heavy atom. The van der Waals surface area contributed by atoms with Gasteiger partial charge in [0.15, 0.2) is 12.2 Å². The first-order valence-corrected chi connectivity index (χ1v) is 7.51. The SMILES string of the molecule is Ic1ccc2nc(-c3ccc(-c4cnco4)cc3)cn2c1. The van der Waals surface area contributed by atoms with E-state index in [0.717, 1.165) is 28.2 Å². The zero-order valence-corrected chi connectivity index (χ0v) is 13.1. The summed E-state index contributed by atoms with van der Waals surface area (Å²) in [5.41, 5.74) is 4.00. The van der Waals surface area contributed by atoms with E-state index >= 15 is 0 Å². The van der Waals surface area contributed by atoms with Crippen LogP contribution in [0.4, 0.5) is 0 Å². The van der Waals surface area contributed by atoms with Gasteiger partial charge in [-0.05, 0) is 34.7 Å². The second kappa shape index (κ2) is 5.00. The predicted molar refractivity (Wildman–Crippen MR) is 88.8 cm³/mol. The second-order valence-electron chi connectivity index (χ2n) is 4.68. The number of rotatable bonds is 2. The summed E-state index contributed by atoms with van der Waals surface area (Å²) < 4.78 is 8.52. The van der Waals surface area contributed by atoms with Gasteiger partial charge in [-0.2, -0.15) is 0 Å². The van der Waals surface area contributed by atoms with E-state index in [9.17, 15) is 0 Å². The normalized spacial score (nSPS) is 11.1. The quantitative estimate of drug-likeness (QED) is 0.483. The number of hydrogen-bond acceptors (Lipinski definition) is 3. The maximum Gasteiger partial charge on any atom is 0.181 e. The molecule has 0 aliphatic carbocycles. The maximum atomic E-state index is 5.29. The van der Waals surface area contributed by atoms with Crippen LogP contribution in [0.25, 0.3) is 28.2 Å². The number of hydrogen-bond donors (Lipinski definition) is 0. The van der Waals surface area contributed by atoms with Crippen molar-refractivity contribution >= 4 is 28.2 Å². The van der Waals surface area contributed by atoms with Crippen LogP contribution in [0.15, 0.2) is 65.8 Å². The molecule has 0 atom stereocenters. The molecule has 0 aliphatic heterocycles. The van der Waals surface area contributed by atoms with Crippen molar-refractivity contribution in [3.05, 3.63) is 65.0 Å². The molecule has 21 heavy (non-hydrogen) atoms. The summed E-state index contributed by atoms with van der Waals surface area (Å²) in [4.78, 5) is 8.57. The van der Waals surface area contributed by atoms with Gasteiger partial charge in [0.1, 0.15) is 5.65 Å². The highest BCUT2D eigenvalue weighted by Crippen LogP contribution is 2.24. The molecule has 0 unspecified atom stereocenters. The number of aromatic nitrogens is 3. The minimum Gasteiger partial charge on any atom is -0.444 e. The Hall–Kier alpha value is -2.15. The first-order valence-electron chi connectivity index (χ1n) is 6.43. The minimum atomic E-state index is 0.770. The standard InChI is InChI=1S/C16H10IN3O/c17-13-5-6-16-19-14(9-20(16)8-13)11-1-3-12(4-2-11)15-7-18-10-21-15/h1-10H. The maximum absolute atomic E-state index is 5.29. The van der Waals surface area contributed by atoms with Crippen LogP contribution >= 0.6 is 22.6 Å². The number of imidazole rings is 1. The molecular formula is C16H10IN3O. The van der Waals surface area contributed by atoms with E-state index in [-0.39, 0.29) is 0 Å². The third-order valence-electron chi connectivity index (χ3n) is 3.31. The molecular weight excluding hydrogens is 377 g/mol. The molecule has 102 valence electrons. The molecule has 0 N–H and O–H groups in total. The number of pyridine rings is 1. The highest BCUT2D eigenvalue weighted by Gasteiger charge is 2.06. The Kier molecular flexibility index (Phi) is 2.99. The molecule has 0 aliphatic rings. The Morgan fingerprint density at radius 1 is 0.952 bits per heavy atom. The summed E-state index contributed by atoms with van der Waals surface area (Å²) in [5.74, 6) is 0.770. The van der Waals surface area contributed by atoms with E-state index < -0.39 is 0 Å². The molecule has 0 saturated heterocycles. The van der Waals surface area contributed by atoms with Gasteiger partial charge in [-0.1, -0.05) is 24.3 Å². The van der Waals surface area contributed by atoms with Crippen molar-refractivity contribution in [2.75, 3.05) is 0 Å². The molecule has 5 heteroatoms. The van der Waals surface area contributed by atoms with Crippen LogP contribution < -0.4 is 0 Å². The molecule has 0 saturated carbocycles. The lowest BCUT2D eigenvalue weighted by Gasteiger charge is -1.98. The van der Waals surface area contributed by atoms with Crippen molar-refractivity contribution in [1.29, 1.82) is 0 Å². The van der Waals surface area contributed by atoms with Crippen LogP contribution in [0.3, 0.4) is 0 Å². The lowest BCUT2D eigenvalue weighted by Crippen LogP contribution is -1.82. The summed E-state index contributed by atoms with van der Waals surface area (Å²) in [7, 11) is 0. The summed E-state index contributed by atoms with van der Waals surface area (Å²) in [6, 6.07) is 12.2. The predicted octanol–water partition coefficient (Wildman–Crippen LogP) is 4.26. The zero-order chi connectivity index (χ0) is 14.2. The molecule has 0 bridgehead atoms. The smallest absolute Gasteiger partial charge is 0.181 e. The molecule has 4 nitrogen and oxygen atoms in total. The first-order chi connectivity index (χ1) is 10.3. The molecule has 0 spiro atoms. The van der Waals surface area contributed by atoms with Crippen LogP contribution in [0.2, 0.25) is 0 Å². The van der Waals surface area contributed by atoms with Gasteiger partial charge < -0.3 is 8.82 Å². The monoisotopic (exact) mass is 387 g/mol. The van der Waals surface area contributed by atoms with Crippen molar-refractivity contribution in [3.8, 4) is 22.6 Å². The van der Waals surface area contributed by atoms with Crippen LogP contribution in [0.1, 0.15) is 0 Å². The van der Waals surface area contributed by atoms with E-state index in [1.807, 2.05) is 40.9 Å². The van der Waals surface area contributed by atoms with E-state index in [2.05, 4.69) is 44.8 Å². The van der Waals surface area contributed by atoms with E-state index in [0.29, 0.717) is 0 Å². The number of halogens is 1. The number of benzene rings is 1. The number of nitrogens with zero attached hydrogens (tertiary/aromatic N) is 3. The second-order valence-corrected chi connectivity index (χ2v) is 5.93. The molecule has 4 rings (SSSR count). The van der Waals surface area contributed by atoms with Crippen LogP contribution in [-0.4, -0.2) is 14.4 Å². The summed E-state index contributed by atoms with van der Waals surface area (Å²) in [5, 5.41) is 0. The fourth-order valence-corrected chi connectivity index (χ4v) is 2.75. The van der Waals surface area contributed by atoms with Gasteiger partial charge in [-0.25, -0.2) is 9.97 Å². The van der Waals surface area contributed by atoms with E-state index in [1.165, 1.54) is 9.96 Å². The van der Waals surface area contributed by atoms with Gasteiger partial charge in [-0.15, -0.1) is 0 Å². The molecule has 0 amide bonds. The van der Waals surface area contributed by atoms with Gasteiger partial charge in [0.2, 0.25) is 0 Å². The Balaban J connectivity index is 1.74. The fourth-order valence-electron chi connectivity index (χ4n) is 2.27. The Bertz CT molecular complexity index is 895. The molecule has 1 aromatic carbocycles. The molecule has 0 radical (unpaired) electrons. The van der Waals surface area contributed by atoms with Gasteiger partial charge in [0.25, 0.3) is 0 Å². The molecule has 0 fully saturated rings. The fraction of sp³-hybridized carbons (Fsp3) is 0. The number of fused-ring (bicyclic) bond motifs is 1. The Labute approximate surface area is 134 Å². The lowest BCUT2D eigenvalue weighted by atomic mass is 10.1. The largest absolute Gasteiger partial charge is 0.444 e. The minimum absolute atomic E-state index is 0.770. The third kappa shape index (κ3) is 2.33. The van der Waals surface area contributed by atoms with Gasteiger partial charge >= 0.3 is 0 Å². The van der Waals surface area contributed by atoms with E-state index in [4.69, 9.17) is 4.42 Å². The van der Waals surface area contributed by atoms with Crippen LogP contribution in [-0.2, 0) is 0 Å². The van der Waals surface area contributed by atoms with Crippen LogP contribution in [0, 0.1) is 3.57 Å². The van der Waals surface area contributed by atoms with Gasteiger partial charge in [0.05, 0.1) is 11.9 Å². The molecule has 3 aromatic heterocycles. The van der Waals surface area contributed by atoms with Crippen molar-refractivity contribution in [2.24, 2.45) is 0 Å². The van der Waals surface area contributed by atoms with E-state index in [1.54, 1.807) is 6.20 Å². The summed E-state index contributed by atoms with van der Waals surface area (Å²) in [6.07, 6.45) is 7.26. The van der Waals surface area contributed by atoms with Gasteiger partial charge in [0, 0.05) is 27.1 Å². The highest BCUT2D eigenvalue weighted by molar-refractivity contribution is 14.1. The number of oxazole rings is 1. The van der Waals surface area contributed by atoms with Crippen molar-refractivity contribution < 1.29 is 4.42 Å². The highest BCUT2D eigenvalue weighted by atomic mass is 127. The van der Waals surface area contributed by atoms with Crippen molar-refractivity contribution in [3.63, 3.8) is 0 Å². The zero-order valence-electron chi connectivity index (χ0n) is 10.9. The van der Waals surface area contributed by atoms with Crippen molar-refractivity contribution in [1.82, 2.24) is 14.4 Å². The Morgan fingerprint density at radius 3 is 2.52 bits per heavy atom. The first kappa shape index (κ1) is 12.6. The molecule has 3 heterocycles. The molecule has 4 aromatic rings. The third-order valence-corrected chi connectivity index (χ3v) is 3.95. The topological polar surface area (TPSA) is 43.3 Å². The summed E-state index contributed by atoms with van der Waals surface area (Å²) in [6.45, 7) is 0.